The van der Waals surface area contributed by atoms with Crippen LogP contribution in [0, 0.1) is 0 Å². The fourth-order valence-corrected chi connectivity index (χ4v) is 8.11. The number of thiazole rings is 1. The molecule has 7 nitrogen and oxygen atoms in total. The number of aromatic nitrogens is 1. The lowest BCUT2D eigenvalue weighted by Crippen LogP contribution is -2.40. The summed E-state index contributed by atoms with van der Waals surface area (Å²) in [4.78, 5) is 33.0. The molecule has 0 amide bonds. The highest BCUT2D eigenvalue weighted by atomic mass is 79.9. The van der Waals surface area contributed by atoms with Crippen LogP contribution in [0.25, 0.3) is 16.8 Å². The standard InChI is InChI=1S/C37H32Br2N2O5S/c1-5-44-36(43)32-22(4)40-37-41(33(32)28-15-8-9-16-30(28)46-21(2)3)35(42)31(47-37)18-25-17-26(38)19-29(39)34(25)45-20-24-13-10-12-23-11-6-7-14-27(23)24/h6-19,21,33H,5,20H2,1-4H3/b31-18-/t33-/m0/s1. The molecule has 0 spiro atoms. The van der Waals surface area contributed by atoms with E-state index in [-0.39, 0.29) is 18.3 Å². The van der Waals surface area contributed by atoms with Crippen molar-refractivity contribution < 1.29 is 19.0 Å². The molecule has 1 atom stereocenters. The molecule has 0 saturated heterocycles. The number of ether oxygens (including phenoxy) is 3. The Kier molecular flexibility index (Phi) is 9.82. The Hall–Kier alpha value is -3.99. The largest absolute Gasteiger partial charge is 0.491 e. The van der Waals surface area contributed by atoms with E-state index in [1.54, 1.807) is 18.4 Å². The van der Waals surface area contributed by atoms with Gasteiger partial charge in [0.05, 0.1) is 33.0 Å². The van der Waals surface area contributed by atoms with Gasteiger partial charge in [0, 0.05) is 15.6 Å². The second kappa shape index (κ2) is 14.0. The third-order valence-electron chi connectivity index (χ3n) is 7.67. The first kappa shape index (κ1) is 32.9. The van der Waals surface area contributed by atoms with E-state index in [1.807, 2.05) is 74.5 Å². The average molecular weight is 777 g/mol. The van der Waals surface area contributed by atoms with Gasteiger partial charge in [-0.2, -0.15) is 0 Å². The van der Waals surface area contributed by atoms with Gasteiger partial charge >= 0.3 is 5.97 Å². The van der Waals surface area contributed by atoms with Crippen LogP contribution in [-0.2, 0) is 16.1 Å². The molecular formula is C37H32Br2N2O5S. The van der Waals surface area contributed by atoms with Crippen LogP contribution in [0.5, 0.6) is 11.5 Å². The Morgan fingerprint density at radius 3 is 2.57 bits per heavy atom. The third kappa shape index (κ3) is 6.72. The molecule has 0 saturated carbocycles. The van der Waals surface area contributed by atoms with Crippen molar-refractivity contribution in [2.75, 3.05) is 6.61 Å². The van der Waals surface area contributed by atoms with Gasteiger partial charge in [0.2, 0.25) is 0 Å². The molecule has 6 rings (SSSR count). The number of hydrogen-bond acceptors (Lipinski definition) is 7. The van der Waals surface area contributed by atoms with Gasteiger partial charge < -0.3 is 14.2 Å². The molecule has 0 unspecified atom stereocenters. The highest BCUT2D eigenvalue weighted by Crippen LogP contribution is 2.37. The number of nitrogens with zero attached hydrogens (tertiary/aromatic N) is 2. The van der Waals surface area contributed by atoms with Crippen molar-refractivity contribution in [2.24, 2.45) is 4.99 Å². The predicted octanol–water partition coefficient (Wildman–Crippen LogP) is 7.84. The third-order valence-corrected chi connectivity index (χ3v) is 9.70. The Labute approximate surface area is 293 Å². The maximum Gasteiger partial charge on any atom is 0.338 e. The lowest BCUT2D eigenvalue weighted by molar-refractivity contribution is -0.139. The molecule has 2 heterocycles. The monoisotopic (exact) mass is 774 g/mol. The highest BCUT2D eigenvalue weighted by Gasteiger charge is 2.35. The lowest BCUT2D eigenvalue weighted by Gasteiger charge is -2.26. The first-order valence-corrected chi connectivity index (χ1v) is 17.6. The minimum absolute atomic E-state index is 0.120. The number of esters is 1. The molecule has 10 heteroatoms. The normalized spacial score (nSPS) is 14.7. The smallest absolute Gasteiger partial charge is 0.338 e. The van der Waals surface area contributed by atoms with E-state index in [2.05, 4.69) is 56.1 Å². The molecule has 0 radical (unpaired) electrons. The number of fused-ring (bicyclic) bond motifs is 2. The second-order valence-electron chi connectivity index (χ2n) is 11.2. The average Bonchev–Trinajstić information content (AvgIpc) is 3.33. The Morgan fingerprint density at radius 1 is 1.04 bits per heavy atom. The number of carbonyl (C=O) groups excluding carboxylic acids is 1. The zero-order chi connectivity index (χ0) is 33.2. The van der Waals surface area contributed by atoms with Gasteiger partial charge in [-0.15, -0.1) is 0 Å². The SMILES string of the molecule is CCOC(=O)C1=C(C)N=c2s/c(=C\c3cc(Br)cc(Br)c3OCc3cccc4ccccc34)c(=O)n2[C@H]1c1ccccc1OC(C)C. The van der Waals surface area contributed by atoms with Gasteiger partial charge in [-0.1, -0.05) is 87.9 Å². The zero-order valence-corrected chi connectivity index (χ0v) is 30.2. The van der Waals surface area contributed by atoms with Crippen molar-refractivity contribution in [3.05, 3.63) is 135 Å². The molecule has 0 bridgehead atoms. The van der Waals surface area contributed by atoms with Crippen molar-refractivity contribution in [3.8, 4) is 11.5 Å². The van der Waals surface area contributed by atoms with Crippen LogP contribution in [-0.4, -0.2) is 23.2 Å². The molecule has 47 heavy (non-hydrogen) atoms. The lowest BCUT2D eigenvalue weighted by atomic mass is 9.95. The molecule has 0 aliphatic carbocycles. The maximum atomic E-state index is 14.4. The number of rotatable bonds is 9. The second-order valence-corrected chi connectivity index (χ2v) is 14.0. The summed E-state index contributed by atoms with van der Waals surface area (Å²) in [6.45, 7) is 7.92. The van der Waals surface area contributed by atoms with Crippen molar-refractivity contribution in [1.82, 2.24) is 4.57 Å². The van der Waals surface area contributed by atoms with Crippen LogP contribution in [0.3, 0.4) is 0 Å². The summed E-state index contributed by atoms with van der Waals surface area (Å²) in [6, 6.07) is 24.9. The van der Waals surface area contributed by atoms with Gasteiger partial charge in [0.25, 0.3) is 5.56 Å². The number of allylic oxidation sites excluding steroid dienone is 1. The van der Waals surface area contributed by atoms with Gasteiger partial charge in [-0.25, -0.2) is 9.79 Å². The Balaban J connectivity index is 1.49. The van der Waals surface area contributed by atoms with E-state index in [1.165, 1.54) is 11.3 Å². The van der Waals surface area contributed by atoms with Crippen LogP contribution >= 0.6 is 43.2 Å². The van der Waals surface area contributed by atoms with Gasteiger partial charge in [-0.05, 0) is 84.2 Å². The van der Waals surface area contributed by atoms with E-state index < -0.39 is 12.0 Å². The molecular weight excluding hydrogens is 744 g/mol. The summed E-state index contributed by atoms with van der Waals surface area (Å²) in [6.07, 6.45) is 1.69. The van der Waals surface area contributed by atoms with Crippen molar-refractivity contribution in [2.45, 2.75) is 46.4 Å². The van der Waals surface area contributed by atoms with Gasteiger partial charge in [-0.3, -0.25) is 9.36 Å². The summed E-state index contributed by atoms with van der Waals surface area (Å²) in [5.41, 5.74) is 2.93. The molecule has 4 aromatic carbocycles. The Morgan fingerprint density at radius 2 is 1.79 bits per heavy atom. The topological polar surface area (TPSA) is 79.1 Å². The summed E-state index contributed by atoms with van der Waals surface area (Å²) in [7, 11) is 0. The number of para-hydroxylation sites is 1. The van der Waals surface area contributed by atoms with Gasteiger partial charge in [0.1, 0.15) is 24.1 Å². The number of hydrogen-bond donors (Lipinski definition) is 0. The number of halogens is 2. The van der Waals surface area contributed by atoms with Crippen LogP contribution in [0.4, 0.5) is 0 Å². The van der Waals surface area contributed by atoms with Crippen molar-refractivity contribution in [1.29, 1.82) is 0 Å². The van der Waals surface area contributed by atoms with Crippen LogP contribution < -0.4 is 24.4 Å². The summed E-state index contributed by atoms with van der Waals surface area (Å²) < 4.78 is 21.7. The molecule has 5 aromatic rings. The fraction of sp³-hybridized carbons (Fsp3) is 0.216. The zero-order valence-electron chi connectivity index (χ0n) is 26.3. The van der Waals surface area contributed by atoms with Crippen LogP contribution in [0.2, 0.25) is 0 Å². The van der Waals surface area contributed by atoms with E-state index >= 15 is 0 Å². The van der Waals surface area contributed by atoms with E-state index in [0.717, 1.165) is 25.3 Å². The molecule has 1 aliphatic rings. The minimum atomic E-state index is -0.793. The van der Waals surface area contributed by atoms with Crippen molar-refractivity contribution >= 4 is 66.0 Å². The first-order valence-electron chi connectivity index (χ1n) is 15.2. The van der Waals surface area contributed by atoms with Gasteiger partial charge in [0.15, 0.2) is 4.80 Å². The predicted molar refractivity (Wildman–Crippen MR) is 193 cm³/mol. The molecule has 1 aromatic heterocycles. The maximum absolute atomic E-state index is 14.4. The Bertz CT molecular complexity index is 2220. The van der Waals surface area contributed by atoms with Crippen LogP contribution in [0.1, 0.15) is 50.4 Å². The molecule has 1 aliphatic heterocycles. The number of benzene rings is 4. The first-order chi connectivity index (χ1) is 22.7. The summed E-state index contributed by atoms with van der Waals surface area (Å²) in [5, 5.41) is 2.25. The fourth-order valence-electron chi connectivity index (χ4n) is 5.70. The van der Waals surface area contributed by atoms with E-state index in [0.29, 0.717) is 49.8 Å². The summed E-state index contributed by atoms with van der Waals surface area (Å²) in [5.74, 6) is 0.661. The molecule has 0 N–H and O–H groups in total. The van der Waals surface area contributed by atoms with E-state index in [9.17, 15) is 9.59 Å². The molecule has 0 fully saturated rings. The number of carbonyl (C=O) groups is 1. The highest BCUT2D eigenvalue weighted by molar-refractivity contribution is 9.11. The minimum Gasteiger partial charge on any atom is -0.491 e. The summed E-state index contributed by atoms with van der Waals surface area (Å²) >= 11 is 8.54. The van der Waals surface area contributed by atoms with Crippen molar-refractivity contribution in [3.63, 3.8) is 0 Å². The molecule has 240 valence electrons. The van der Waals surface area contributed by atoms with Crippen LogP contribution in [0.15, 0.2) is 109 Å². The quantitative estimate of drug-likeness (QED) is 0.143. The van der Waals surface area contributed by atoms with E-state index in [4.69, 9.17) is 19.2 Å².